The maximum Gasteiger partial charge on any atom is 0.120 e. The Hall–Kier alpha value is -1.61. The Balaban J connectivity index is 1.86. The normalized spacial score (nSPS) is 12.5. The molecule has 0 radical (unpaired) electrons. The third-order valence-corrected chi connectivity index (χ3v) is 3.43. The number of aryl methyl sites for hydroxylation is 1. The highest BCUT2D eigenvalue weighted by atomic mass is 15.0. The van der Waals surface area contributed by atoms with E-state index in [1.807, 2.05) is 6.20 Å². The van der Waals surface area contributed by atoms with Crippen LogP contribution in [0.15, 0.2) is 36.7 Å². The van der Waals surface area contributed by atoms with Gasteiger partial charge in [-0.2, -0.15) is 0 Å². The van der Waals surface area contributed by atoms with Gasteiger partial charge in [-0.1, -0.05) is 37.6 Å². The van der Waals surface area contributed by atoms with Gasteiger partial charge in [-0.25, -0.2) is 4.98 Å². The number of unbranched alkanes of at least 4 members (excludes halogenated alkanes) is 1. The maximum absolute atomic E-state index is 4.21. The first-order chi connectivity index (χ1) is 9.29. The van der Waals surface area contributed by atoms with Crippen molar-refractivity contribution >= 4 is 0 Å². The molecule has 0 saturated heterocycles. The van der Waals surface area contributed by atoms with Crippen LogP contribution < -0.4 is 5.32 Å². The van der Waals surface area contributed by atoms with Gasteiger partial charge in [0.2, 0.25) is 0 Å². The van der Waals surface area contributed by atoms with E-state index in [-0.39, 0.29) is 0 Å². The topological polar surface area (TPSA) is 40.7 Å². The summed E-state index contributed by atoms with van der Waals surface area (Å²) in [4.78, 5) is 7.31. The monoisotopic (exact) mass is 257 g/mol. The van der Waals surface area contributed by atoms with Gasteiger partial charge >= 0.3 is 0 Å². The third-order valence-electron chi connectivity index (χ3n) is 3.43. The van der Waals surface area contributed by atoms with E-state index in [9.17, 15) is 0 Å². The molecular weight excluding hydrogens is 234 g/mol. The van der Waals surface area contributed by atoms with Crippen molar-refractivity contribution in [2.75, 3.05) is 0 Å². The summed E-state index contributed by atoms with van der Waals surface area (Å²) in [6, 6.07) is 9.28. The van der Waals surface area contributed by atoms with Crippen molar-refractivity contribution in [3.63, 3.8) is 0 Å². The number of imidazole rings is 1. The van der Waals surface area contributed by atoms with Crippen LogP contribution in [-0.4, -0.2) is 9.97 Å². The summed E-state index contributed by atoms with van der Waals surface area (Å²) >= 11 is 0. The van der Waals surface area contributed by atoms with E-state index >= 15 is 0 Å². The Bertz CT molecular complexity index is 459. The van der Waals surface area contributed by atoms with Crippen LogP contribution in [0.4, 0.5) is 0 Å². The lowest BCUT2D eigenvalue weighted by Crippen LogP contribution is -2.18. The zero-order valence-electron chi connectivity index (χ0n) is 11.8. The van der Waals surface area contributed by atoms with E-state index in [1.54, 1.807) is 6.20 Å². The van der Waals surface area contributed by atoms with E-state index < -0.39 is 0 Å². The van der Waals surface area contributed by atoms with Crippen LogP contribution in [0.3, 0.4) is 0 Å². The Morgan fingerprint density at radius 1 is 1.26 bits per heavy atom. The number of hydrogen-bond acceptors (Lipinski definition) is 2. The van der Waals surface area contributed by atoms with Crippen molar-refractivity contribution < 1.29 is 0 Å². The minimum absolute atomic E-state index is 0.338. The van der Waals surface area contributed by atoms with Gasteiger partial charge < -0.3 is 10.3 Å². The van der Waals surface area contributed by atoms with Crippen LogP contribution in [0, 0.1) is 0 Å². The Labute approximate surface area is 115 Å². The van der Waals surface area contributed by atoms with Crippen molar-refractivity contribution in [2.24, 2.45) is 0 Å². The fraction of sp³-hybridized carbons (Fsp3) is 0.438. The first kappa shape index (κ1) is 13.8. The van der Waals surface area contributed by atoms with E-state index in [2.05, 4.69) is 53.4 Å². The molecule has 0 aliphatic carbocycles. The van der Waals surface area contributed by atoms with E-state index in [4.69, 9.17) is 0 Å². The Kier molecular flexibility index (Phi) is 5.16. The number of nitrogens with zero attached hydrogens (tertiary/aromatic N) is 1. The zero-order chi connectivity index (χ0) is 13.5. The molecule has 0 amide bonds. The van der Waals surface area contributed by atoms with Crippen LogP contribution in [-0.2, 0) is 13.0 Å². The SMILES string of the molecule is CCCCc1ccc(C(C)NCc2ncc[nH]2)cc1. The summed E-state index contributed by atoms with van der Waals surface area (Å²) in [6.07, 6.45) is 7.34. The van der Waals surface area contributed by atoms with Crippen LogP contribution in [0.5, 0.6) is 0 Å². The summed E-state index contributed by atoms with van der Waals surface area (Å²) < 4.78 is 0. The van der Waals surface area contributed by atoms with Gasteiger partial charge in [0.25, 0.3) is 0 Å². The molecule has 0 aliphatic heterocycles. The third kappa shape index (κ3) is 4.21. The number of hydrogen-bond donors (Lipinski definition) is 2. The molecule has 102 valence electrons. The number of nitrogens with one attached hydrogen (secondary N) is 2. The van der Waals surface area contributed by atoms with E-state index in [0.29, 0.717) is 6.04 Å². The Morgan fingerprint density at radius 2 is 2.05 bits per heavy atom. The highest BCUT2D eigenvalue weighted by Crippen LogP contribution is 2.15. The molecule has 3 nitrogen and oxygen atoms in total. The van der Waals surface area contributed by atoms with Crippen LogP contribution in [0.25, 0.3) is 0 Å². The van der Waals surface area contributed by atoms with Crippen molar-refractivity contribution in [1.82, 2.24) is 15.3 Å². The molecule has 3 heteroatoms. The lowest BCUT2D eigenvalue weighted by atomic mass is 10.0. The molecule has 2 N–H and O–H groups in total. The molecule has 0 bridgehead atoms. The average molecular weight is 257 g/mol. The number of benzene rings is 1. The minimum atomic E-state index is 0.338. The highest BCUT2D eigenvalue weighted by molar-refractivity contribution is 5.24. The van der Waals surface area contributed by atoms with Gasteiger partial charge in [-0.15, -0.1) is 0 Å². The van der Waals surface area contributed by atoms with E-state index in [1.165, 1.54) is 30.4 Å². The van der Waals surface area contributed by atoms with Crippen molar-refractivity contribution in [3.8, 4) is 0 Å². The molecule has 19 heavy (non-hydrogen) atoms. The average Bonchev–Trinajstić information content (AvgIpc) is 2.96. The second-order valence-electron chi connectivity index (χ2n) is 4.98. The summed E-state index contributed by atoms with van der Waals surface area (Å²) in [5.41, 5.74) is 2.76. The summed E-state index contributed by atoms with van der Waals surface area (Å²) in [7, 11) is 0. The fourth-order valence-electron chi connectivity index (χ4n) is 2.12. The van der Waals surface area contributed by atoms with Crippen LogP contribution in [0.2, 0.25) is 0 Å². The van der Waals surface area contributed by atoms with Gasteiger partial charge in [-0.3, -0.25) is 0 Å². The molecule has 1 atom stereocenters. The number of aromatic amines is 1. The molecular formula is C16H23N3. The second-order valence-corrected chi connectivity index (χ2v) is 4.98. The molecule has 1 aromatic heterocycles. The summed E-state index contributed by atoms with van der Waals surface area (Å²) in [5, 5.41) is 3.47. The van der Waals surface area contributed by atoms with Gasteiger partial charge in [-0.05, 0) is 30.9 Å². The lowest BCUT2D eigenvalue weighted by molar-refractivity contribution is 0.562. The molecule has 2 rings (SSSR count). The summed E-state index contributed by atoms with van der Waals surface area (Å²) in [5.74, 6) is 0.978. The molecule has 2 aromatic rings. The molecule has 1 heterocycles. The first-order valence-corrected chi connectivity index (χ1v) is 7.10. The van der Waals surface area contributed by atoms with Gasteiger partial charge in [0.05, 0.1) is 6.54 Å². The van der Waals surface area contributed by atoms with Crippen LogP contribution >= 0.6 is 0 Å². The molecule has 0 spiro atoms. The quantitative estimate of drug-likeness (QED) is 0.795. The van der Waals surface area contributed by atoms with Crippen molar-refractivity contribution in [2.45, 2.75) is 45.7 Å². The standard InChI is InChI=1S/C16H23N3/c1-3-4-5-14-6-8-15(9-7-14)13(2)19-12-16-17-10-11-18-16/h6-11,13,19H,3-5,12H2,1-2H3,(H,17,18). The Morgan fingerprint density at radius 3 is 2.68 bits per heavy atom. The fourth-order valence-corrected chi connectivity index (χ4v) is 2.12. The molecule has 1 aromatic carbocycles. The minimum Gasteiger partial charge on any atom is -0.348 e. The number of aromatic nitrogens is 2. The predicted octanol–water partition coefficient (Wildman–Crippen LogP) is 3.60. The molecule has 0 fully saturated rings. The smallest absolute Gasteiger partial charge is 0.120 e. The van der Waals surface area contributed by atoms with Crippen molar-refractivity contribution in [1.29, 1.82) is 0 Å². The second kappa shape index (κ2) is 7.10. The largest absolute Gasteiger partial charge is 0.348 e. The van der Waals surface area contributed by atoms with Gasteiger partial charge in [0.1, 0.15) is 5.82 Å². The summed E-state index contributed by atoms with van der Waals surface area (Å²) in [6.45, 7) is 5.19. The maximum atomic E-state index is 4.21. The number of rotatable bonds is 7. The van der Waals surface area contributed by atoms with E-state index in [0.717, 1.165) is 12.4 Å². The highest BCUT2D eigenvalue weighted by Gasteiger charge is 2.05. The lowest BCUT2D eigenvalue weighted by Gasteiger charge is -2.14. The predicted molar refractivity (Wildman–Crippen MR) is 78.9 cm³/mol. The molecule has 0 saturated carbocycles. The van der Waals surface area contributed by atoms with Crippen molar-refractivity contribution in [3.05, 3.63) is 53.6 Å². The van der Waals surface area contributed by atoms with Gasteiger partial charge in [0, 0.05) is 18.4 Å². The first-order valence-electron chi connectivity index (χ1n) is 7.10. The molecule has 0 aliphatic rings. The van der Waals surface area contributed by atoms with Crippen LogP contribution in [0.1, 0.15) is 49.7 Å². The number of H-pyrrole nitrogens is 1. The molecule has 1 unspecified atom stereocenters. The van der Waals surface area contributed by atoms with Gasteiger partial charge in [0.15, 0.2) is 0 Å². The zero-order valence-corrected chi connectivity index (χ0v) is 11.8.